The molecule has 1 N–H and O–H groups in total. The predicted octanol–water partition coefficient (Wildman–Crippen LogP) is 2.20. The molecule has 1 aromatic carbocycles. The number of benzene rings is 1. The molecule has 1 aliphatic heterocycles. The van der Waals surface area contributed by atoms with E-state index in [-0.39, 0.29) is 35.5 Å². The van der Waals surface area contributed by atoms with E-state index in [1.165, 1.54) is 6.92 Å². The molecule has 3 amide bonds. The molecule has 1 saturated heterocycles. The zero-order chi connectivity index (χ0) is 20.9. The van der Waals surface area contributed by atoms with Crippen molar-refractivity contribution in [1.29, 1.82) is 0 Å². The molecule has 0 radical (unpaired) electrons. The summed E-state index contributed by atoms with van der Waals surface area (Å²) in [7, 11) is 0. The molecule has 2 aliphatic carbocycles. The maximum atomic E-state index is 12.8. The van der Waals surface area contributed by atoms with Crippen molar-refractivity contribution < 1.29 is 23.9 Å². The lowest BCUT2D eigenvalue weighted by Crippen LogP contribution is -2.45. The summed E-state index contributed by atoms with van der Waals surface area (Å²) in [4.78, 5) is 51.2. The number of carbonyl (C=O) groups is 4. The van der Waals surface area contributed by atoms with E-state index < -0.39 is 24.5 Å². The van der Waals surface area contributed by atoms with Crippen LogP contribution in [0.4, 0.5) is 5.69 Å². The summed E-state index contributed by atoms with van der Waals surface area (Å²) in [5.74, 6) is -1.74. The van der Waals surface area contributed by atoms with Crippen LogP contribution in [0.2, 0.25) is 0 Å². The Morgan fingerprint density at radius 2 is 1.62 bits per heavy atom. The van der Waals surface area contributed by atoms with Gasteiger partial charge in [-0.3, -0.25) is 19.3 Å². The second-order valence-corrected chi connectivity index (χ2v) is 8.64. The van der Waals surface area contributed by atoms with Gasteiger partial charge in [0.2, 0.25) is 11.8 Å². The zero-order valence-electron chi connectivity index (χ0n) is 16.9. The van der Waals surface area contributed by atoms with Crippen LogP contribution in [0.15, 0.2) is 18.2 Å². The molecule has 7 heteroatoms. The van der Waals surface area contributed by atoms with Crippen LogP contribution in [-0.4, -0.2) is 41.2 Å². The van der Waals surface area contributed by atoms with Gasteiger partial charge in [-0.15, -0.1) is 0 Å². The van der Waals surface area contributed by atoms with E-state index in [0.29, 0.717) is 5.69 Å². The highest BCUT2D eigenvalue weighted by molar-refractivity contribution is 6.08. The average molecular weight is 398 g/mol. The normalized spacial score (nSPS) is 28.4. The summed E-state index contributed by atoms with van der Waals surface area (Å²) in [6.45, 7) is 4.87. The Morgan fingerprint density at radius 3 is 2.17 bits per heavy atom. The van der Waals surface area contributed by atoms with Gasteiger partial charge in [0.1, 0.15) is 6.04 Å². The fourth-order valence-corrected chi connectivity index (χ4v) is 5.42. The number of imide groups is 1. The highest BCUT2D eigenvalue weighted by atomic mass is 16.5. The van der Waals surface area contributed by atoms with Crippen molar-refractivity contribution >= 4 is 29.4 Å². The Bertz CT molecular complexity index is 847. The van der Waals surface area contributed by atoms with Crippen LogP contribution in [-0.2, 0) is 23.9 Å². The first-order valence-electron chi connectivity index (χ1n) is 10.2. The summed E-state index contributed by atoms with van der Waals surface area (Å²) in [5, 5.41) is 2.69. The van der Waals surface area contributed by atoms with E-state index in [1.54, 1.807) is 0 Å². The SMILES string of the molecule is Cc1cc(C)cc(NC(=O)COC(=O)[C@H](C)N2C(=O)[C@@H]3[C@@H]4CC[C@@H](C4)[C@@H]3C2=O)c1. The first-order chi connectivity index (χ1) is 13.8. The summed E-state index contributed by atoms with van der Waals surface area (Å²) >= 11 is 0. The molecule has 2 saturated carbocycles. The Morgan fingerprint density at radius 1 is 1.07 bits per heavy atom. The van der Waals surface area contributed by atoms with E-state index in [4.69, 9.17) is 4.74 Å². The zero-order valence-corrected chi connectivity index (χ0v) is 16.9. The molecular weight excluding hydrogens is 372 g/mol. The average Bonchev–Trinajstić information content (AvgIpc) is 3.32. The number of likely N-dealkylation sites (tertiary alicyclic amines) is 1. The minimum absolute atomic E-state index is 0.253. The van der Waals surface area contributed by atoms with Crippen LogP contribution in [0.25, 0.3) is 0 Å². The quantitative estimate of drug-likeness (QED) is 0.606. The van der Waals surface area contributed by atoms with Crippen molar-refractivity contribution in [1.82, 2.24) is 4.90 Å². The van der Waals surface area contributed by atoms with Crippen molar-refractivity contribution in [2.75, 3.05) is 11.9 Å². The van der Waals surface area contributed by atoms with Gasteiger partial charge in [0.15, 0.2) is 6.61 Å². The maximum Gasteiger partial charge on any atom is 0.329 e. The van der Waals surface area contributed by atoms with Crippen LogP contribution >= 0.6 is 0 Å². The number of hydrogen-bond donors (Lipinski definition) is 1. The Labute approximate surface area is 169 Å². The lowest BCUT2D eigenvalue weighted by atomic mass is 9.81. The predicted molar refractivity (Wildman–Crippen MR) is 105 cm³/mol. The van der Waals surface area contributed by atoms with Gasteiger partial charge in [-0.1, -0.05) is 6.07 Å². The van der Waals surface area contributed by atoms with Crippen LogP contribution in [0.1, 0.15) is 37.3 Å². The van der Waals surface area contributed by atoms with Crippen molar-refractivity contribution in [3.8, 4) is 0 Å². The van der Waals surface area contributed by atoms with Gasteiger partial charge >= 0.3 is 5.97 Å². The number of amides is 3. The highest BCUT2D eigenvalue weighted by Gasteiger charge is 2.62. The van der Waals surface area contributed by atoms with Gasteiger partial charge in [0.25, 0.3) is 5.91 Å². The molecule has 0 spiro atoms. The molecular formula is C22H26N2O5. The molecule has 3 fully saturated rings. The topological polar surface area (TPSA) is 92.8 Å². The summed E-state index contributed by atoms with van der Waals surface area (Å²) in [5.41, 5.74) is 2.65. The van der Waals surface area contributed by atoms with Gasteiger partial charge in [0, 0.05) is 5.69 Å². The molecule has 3 aliphatic rings. The minimum Gasteiger partial charge on any atom is -0.454 e. The molecule has 0 aromatic heterocycles. The fraction of sp³-hybridized carbons (Fsp3) is 0.545. The number of fused-ring (bicyclic) bond motifs is 5. The number of esters is 1. The molecule has 4 rings (SSSR count). The van der Waals surface area contributed by atoms with Crippen molar-refractivity contribution in [3.05, 3.63) is 29.3 Å². The molecule has 5 atom stereocenters. The number of rotatable bonds is 5. The summed E-state index contributed by atoms with van der Waals surface area (Å²) in [6, 6.07) is 4.62. The number of anilines is 1. The van der Waals surface area contributed by atoms with Gasteiger partial charge in [0.05, 0.1) is 11.8 Å². The van der Waals surface area contributed by atoms with E-state index >= 15 is 0 Å². The Hall–Kier alpha value is -2.70. The van der Waals surface area contributed by atoms with Gasteiger partial charge in [-0.2, -0.15) is 0 Å². The van der Waals surface area contributed by atoms with Crippen molar-refractivity contribution in [2.24, 2.45) is 23.7 Å². The van der Waals surface area contributed by atoms with E-state index in [2.05, 4.69) is 5.32 Å². The number of nitrogens with zero attached hydrogens (tertiary/aromatic N) is 1. The van der Waals surface area contributed by atoms with Crippen molar-refractivity contribution in [2.45, 2.75) is 46.1 Å². The van der Waals surface area contributed by atoms with Gasteiger partial charge in [-0.05, 0) is 75.1 Å². The third-order valence-electron chi connectivity index (χ3n) is 6.54. The first-order valence-corrected chi connectivity index (χ1v) is 10.2. The van der Waals surface area contributed by atoms with Gasteiger partial charge < -0.3 is 10.1 Å². The maximum absolute atomic E-state index is 12.8. The lowest BCUT2D eigenvalue weighted by Gasteiger charge is -2.23. The second-order valence-electron chi connectivity index (χ2n) is 8.64. The number of nitrogens with one attached hydrogen (secondary N) is 1. The molecule has 1 heterocycles. The Balaban J connectivity index is 1.34. The monoisotopic (exact) mass is 398 g/mol. The summed E-state index contributed by atoms with van der Waals surface area (Å²) < 4.78 is 5.10. The standard InChI is InChI=1S/C22H26N2O5/c1-11-6-12(2)8-16(7-11)23-17(25)10-29-22(28)13(3)24-20(26)18-14-4-5-15(9-14)19(18)21(24)27/h6-8,13-15,18-19H,4-5,9-10H2,1-3H3,(H,23,25)/t13-,14-,15+,18-,19+/m0/s1. The molecule has 0 unspecified atom stereocenters. The number of ether oxygens (including phenoxy) is 1. The number of carbonyl (C=O) groups excluding carboxylic acids is 4. The van der Waals surface area contributed by atoms with Crippen LogP contribution in [0.5, 0.6) is 0 Å². The number of hydrogen-bond acceptors (Lipinski definition) is 5. The van der Waals surface area contributed by atoms with Gasteiger partial charge in [-0.25, -0.2) is 4.79 Å². The molecule has 7 nitrogen and oxygen atoms in total. The van der Waals surface area contributed by atoms with Crippen molar-refractivity contribution in [3.63, 3.8) is 0 Å². The third-order valence-corrected chi connectivity index (χ3v) is 6.54. The summed E-state index contributed by atoms with van der Waals surface area (Å²) in [6.07, 6.45) is 2.91. The van der Waals surface area contributed by atoms with E-state index in [9.17, 15) is 19.2 Å². The van der Waals surface area contributed by atoms with E-state index in [0.717, 1.165) is 35.3 Å². The third kappa shape index (κ3) is 3.43. The molecule has 154 valence electrons. The Kier molecular flexibility index (Phi) is 4.92. The van der Waals surface area contributed by atoms with Crippen LogP contribution in [0.3, 0.4) is 0 Å². The smallest absolute Gasteiger partial charge is 0.329 e. The minimum atomic E-state index is -1.02. The van der Waals surface area contributed by atoms with Crippen LogP contribution < -0.4 is 5.32 Å². The van der Waals surface area contributed by atoms with Crippen LogP contribution in [0, 0.1) is 37.5 Å². The first kappa shape index (κ1) is 19.6. The fourth-order valence-electron chi connectivity index (χ4n) is 5.42. The lowest BCUT2D eigenvalue weighted by molar-refractivity contribution is -0.159. The molecule has 29 heavy (non-hydrogen) atoms. The largest absolute Gasteiger partial charge is 0.454 e. The van der Waals surface area contributed by atoms with E-state index in [1.807, 2.05) is 32.0 Å². The number of aryl methyl sites for hydroxylation is 2. The highest BCUT2D eigenvalue weighted by Crippen LogP contribution is 2.56. The second kappa shape index (κ2) is 7.28. The molecule has 2 bridgehead atoms. The molecule has 1 aromatic rings.